The number of hydrogen-bond acceptors (Lipinski definition) is 5. The Labute approximate surface area is 137 Å². The van der Waals surface area contributed by atoms with Crippen molar-refractivity contribution in [1.82, 2.24) is 5.32 Å². The third-order valence-corrected chi connectivity index (χ3v) is 4.01. The molecule has 0 saturated carbocycles. The number of benzene rings is 1. The number of imide groups is 1. The minimum absolute atomic E-state index is 0.396. The smallest absolute Gasteiger partial charge is 0.349 e. The number of aryl methyl sites for hydroxylation is 1. The van der Waals surface area contributed by atoms with Gasteiger partial charge in [0.25, 0.3) is 5.91 Å². The molecule has 1 aromatic heterocycles. The number of nitrogens with one attached hydrogen (secondary N) is 1. The maximum atomic E-state index is 12.3. The number of rotatable bonds is 4. The van der Waals surface area contributed by atoms with Gasteiger partial charge in [0.2, 0.25) is 0 Å². The van der Waals surface area contributed by atoms with Crippen LogP contribution in [0.2, 0.25) is 0 Å². The zero-order valence-electron chi connectivity index (χ0n) is 12.7. The van der Waals surface area contributed by atoms with E-state index in [9.17, 15) is 14.4 Å². The maximum absolute atomic E-state index is 12.3. The summed E-state index contributed by atoms with van der Waals surface area (Å²) in [7, 11) is 0. The summed E-state index contributed by atoms with van der Waals surface area (Å²) < 4.78 is 5.09. The van der Waals surface area contributed by atoms with Gasteiger partial charge < -0.3 is 10.5 Å². The summed E-state index contributed by atoms with van der Waals surface area (Å²) in [5.74, 6) is -1.39. The first kappa shape index (κ1) is 16.7. The normalized spacial score (nSPS) is 11.6. The number of thiophene rings is 1. The van der Waals surface area contributed by atoms with Crippen molar-refractivity contribution in [3.05, 3.63) is 46.2 Å². The SMILES string of the molecule is Cc1ccc(-c2ccsc2C(=O)O[C@H](C)C(=O)NC(N)=O)cc1. The third-order valence-electron chi connectivity index (χ3n) is 3.11. The van der Waals surface area contributed by atoms with E-state index >= 15 is 0 Å². The fourth-order valence-corrected chi connectivity index (χ4v) is 2.72. The van der Waals surface area contributed by atoms with Gasteiger partial charge in [-0.2, -0.15) is 0 Å². The minimum Gasteiger partial charge on any atom is -0.448 e. The molecule has 7 heteroatoms. The van der Waals surface area contributed by atoms with Crippen LogP contribution in [0.5, 0.6) is 0 Å². The summed E-state index contributed by atoms with van der Waals surface area (Å²) >= 11 is 1.23. The minimum atomic E-state index is -1.12. The molecule has 0 bridgehead atoms. The molecule has 0 fully saturated rings. The fraction of sp³-hybridized carbons (Fsp3) is 0.188. The van der Waals surface area contributed by atoms with Crippen LogP contribution in [0, 0.1) is 6.92 Å². The molecule has 1 atom stereocenters. The molecule has 6 nitrogen and oxygen atoms in total. The highest BCUT2D eigenvalue weighted by Gasteiger charge is 2.23. The van der Waals surface area contributed by atoms with Crippen molar-refractivity contribution >= 4 is 29.2 Å². The van der Waals surface area contributed by atoms with Gasteiger partial charge in [0.05, 0.1) is 0 Å². The molecule has 3 amide bonds. The van der Waals surface area contributed by atoms with Crippen molar-refractivity contribution < 1.29 is 19.1 Å². The molecule has 0 aliphatic heterocycles. The van der Waals surface area contributed by atoms with Crippen LogP contribution < -0.4 is 11.1 Å². The van der Waals surface area contributed by atoms with Crippen molar-refractivity contribution in [3.63, 3.8) is 0 Å². The van der Waals surface area contributed by atoms with Crippen LogP contribution in [0.15, 0.2) is 35.7 Å². The lowest BCUT2D eigenvalue weighted by atomic mass is 10.1. The van der Waals surface area contributed by atoms with Crippen molar-refractivity contribution in [1.29, 1.82) is 0 Å². The zero-order chi connectivity index (χ0) is 17.0. The summed E-state index contributed by atoms with van der Waals surface area (Å²) in [5.41, 5.74) is 7.60. The molecule has 23 heavy (non-hydrogen) atoms. The Kier molecular flexibility index (Phi) is 5.13. The van der Waals surface area contributed by atoms with Crippen molar-refractivity contribution in [2.45, 2.75) is 20.0 Å². The lowest BCUT2D eigenvalue weighted by Crippen LogP contribution is -2.42. The molecule has 0 radical (unpaired) electrons. The number of nitrogens with two attached hydrogens (primary N) is 1. The Balaban J connectivity index is 2.15. The first-order chi connectivity index (χ1) is 10.9. The van der Waals surface area contributed by atoms with E-state index in [1.165, 1.54) is 18.3 Å². The van der Waals surface area contributed by atoms with E-state index < -0.39 is 24.0 Å². The molecule has 0 saturated heterocycles. The molecule has 0 aliphatic rings. The molecule has 0 spiro atoms. The predicted octanol–water partition coefficient (Wildman–Crippen LogP) is 2.46. The highest BCUT2D eigenvalue weighted by Crippen LogP contribution is 2.29. The van der Waals surface area contributed by atoms with Crippen LogP contribution in [0.3, 0.4) is 0 Å². The van der Waals surface area contributed by atoms with Crippen molar-refractivity contribution in [3.8, 4) is 11.1 Å². The summed E-state index contributed by atoms with van der Waals surface area (Å²) in [6.07, 6.45) is -1.12. The number of esters is 1. The van der Waals surface area contributed by atoms with Crippen molar-refractivity contribution in [2.75, 3.05) is 0 Å². The van der Waals surface area contributed by atoms with Gasteiger partial charge in [0, 0.05) is 5.56 Å². The second kappa shape index (κ2) is 7.06. The van der Waals surface area contributed by atoms with Gasteiger partial charge in [0.1, 0.15) is 4.88 Å². The van der Waals surface area contributed by atoms with Gasteiger partial charge in [-0.15, -0.1) is 11.3 Å². The van der Waals surface area contributed by atoms with E-state index in [1.54, 1.807) is 5.38 Å². The topological polar surface area (TPSA) is 98.5 Å². The summed E-state index contributed by atoms with van der Waals surface area (Å²) in [6.45, 7) is 3.35. The number of ether oxygens (including phenoxy) is 1. The van der Waals surface area contributed by atoms with Gasteiger partial charge in [-0.1, -0.05) is 29.8 Å². The quantitative estimate of drug-likeness (QED) is 0.840. The van der Waals surface area contributed by atoms with E-state index in [2.05, 4.69) is 0 Å². The molecule has 2 rings (SSSR count). The van der Waals surface area contributed by atoms with Crippen LogP contribution in [-0.2, 0) is 9.53 Å². The van der Waals surface area contributed by atoms with Gasteiger partial charge >= 0.3 is 12.0 Å². The van der Waals surface area contributed by atoms with E-state index in [1.807, 2.05) is 42.6 Å². The van der Waals surface area contributed by atoms with Gasteiger partial charge in [-0.05, 0) is 30.9 Å². The largest absolute Gasteiger partial charge is 0.448 e. The molecule has 1 aromatic carbocycles. The number of primary amides is 1. The lowest BCUT2D eigenvalue weighted by molar-refractivity contribution is -0.127. The molecular weight excluding hydrogens is 316 g/mol. The summed E-state index contributed by atoms with van der Waals surface area (Å²) in [6, 6.07) is 8.56. The monoisotopic (exact) mass is 332 g/mol. The van der Waals surface area contributed by atoms with Crippen LogP contribution in [0.25, 0.3) is 11.1 Å². The molecule has 120 valence electrons. The number of hydrogen-bond donors (Lipinski definition) is 2. The van der Waals surface area contributed by atoms with Crippen LogP contribution >= 0.6 is 11.3 Å². The van der Waals surface area contributed by atoms with Crippen LogP contribution in [-0.4, -0.2) is 24.0 Å². The highest BCUT2D eigenvalue weighted by atomic mass is 32.1. The molecule has 0 aliphatic carbocycles. The molecule has 1 heterocycles. The number of carbonyl (C=O) groups is 3. The summed E-state index contributed by atoms with van der Waals surface area (Å²) in [5, 5.41) is 3.65. The maximum Gasteiger partial charge on any atom is 0.349 e. The average molecular weight is 332 g/mol. The molecule has 2 aromatic rings. The lowest BCUT2D eigenvalue weighted by Gasteiger charge is -2.12. The Hall–Kier alpha value is -2.67. The summed E-state index contributed by atoms with van der Waals surface area (Å²) in [4.78, 5) is 34.9. The number of amides is 3. The number of urea groups is 1. The van der Waals surface area contributed by atoms with Gasteiger partial charge in [-0.25, -0.2) is 9.59 Å². The van der Waals surface area contributed by atoms with Gasteiger partial charge in [0.15, 0.2) is 6.10 Å². The first-order valence-corrected chi connectivity index (χ1v) is 7.72. The third kappa shape index (κ3) is 4.17. The second-order valence-electron chi connectivity index (χ2n) is 4.93. The second-order valence-corrected chi connectivity index (χ2v) is 5.85. The Morgan fingerprint density at radius 3 is 2.43 bits per heavy atom. The Morgan fingerprint density at radius 1 is 1.17 bits per heavy atom. The van der Waals surface area contributed by atoms with Gasteiger partial charge in [-0.3, -0.25) is 10.1 Å². The Morgan fingerprint density at radius 2 is 1.83 bits per heavy atom. The van der Waals surface area contributed by atoms with Crippen molar-refractivity contribution in [2.24, 2.45) is 5.73 Å². The number of carbonyl (C=O) groups excluding carboxylic acids is 3. The fourth-order valence-electron chi connectivity index (χ4n) is 1.92. The molecular formula is C16H16N2O4S. The highest BCUT2D eigenvalue weighted by molar-refractivity contribution is 7.12. The predicted molar refractivity (Wildman–Crippen MR) is 87.1 cm³/mol. The first-order valence-electron chi connectivity index (χ1n) is 6.84. The standard InChI is InChI=1S/C16H16N2O4S/c1-9-3-5-11(6-4-9)12-7-8-23-13(12)15(20)22-10(2)14(19)18-16(17)21/h3-8,10H,1-2H3,(H3,17,18,19,21)/t10-/m1/s1. The van der Waals surface area contributed by atoms with E-state index in [0.29, 0.717) is 4.88 Å². The zero-order valence-corrected chi connectivity index (χ0v) is 13.5. The Bertz CT molecular complexity index is 737. The molecule has 0 unspecified atom stereocenters. The van der Waals surface area contributed by atoms with E-state index in [0.717, 1.165) is 16.7 Å². The average Bonchev–Trinajstić information content (AvgIpc) is 2.96. The van der Waals surface area contributed by atoms with E-state index in [4.69, 9.17) is 10.5 Å². The molecule has 3 N–H and O–H groups in total. The van der Waals surface area contributed by atoms with Crippen LogP contribution in [0.1, 0.15) is 22.2 Å². The van der Waals surface area contributed by atoms with E-state index in [-0.39, 0.29) is 0 Å². The van der Waals surface area contributed by atoms with Crippen LogP contribution in [0.4, 0.5) is 4.79 Å².